The van der Waals surface area contributed by atoms with E-state index in [1.807, 2.05) is 0 Å². The first-order chi connectivity index (χ1) is 13.8. The van der Waals surface area contributed by atoms with Crippen LogP contribution < -0.4 is 4.74 Å². The van der Waals surface area contributed by atoms with Crippen LogP contribution in [0, 0.1) is 0 Å². The molecule has 3 saturated heterocycles. The van der Waals surface area contributed by atoms with Crippen LogP contribution in [0.1, 0.15) is 25.7 Å². The number of halogens is 2. The lowest BCUT2D eigenvalue weighted by Crippen LogP contribution is -2.57. The molecule has 0 aliphatic carbocycles. The van der Waals surface area contributed by atoms with E-state index in [-0.39, 0.29) is 22.7 Å². The molecule has 2 bridgehead atoms. The lowest BCUT2D eigenvalue weighted by Gasteiger charge is -2.45. The Kier molecular flexibility index (Phi) is 5.82. The normalized spacial score (nSPS) is 31.3. The van der Waals surface area contributed by atoms with Gasteiger partial charge >= 0.3 is 6.61 Å². The minimum atomic E-state index is -3.78. The largest absolute Gasteiger partial charge is 0.435 e. The fourth-order valence-corrected chi connectivity index (χ4v) is 6.76. The van der Waals surface area contributed by atoms with E-state index in [2.05, 4.69) is 9.64 Å². The molecule has 1 aromatic rings. The first-order valence-corrected chi connectivity index (χ1v) is 11.3. The van der Waals surface area contributed by atoms with Gasteiger partial charge < -0.3 is 14.6 Å². The van der Waals surface area contributed by atoms with Crippen molar-refractivity contribution in [1.29, 1.82) is 0 Å². The minimum Gasteiger partial charge on any atom is -0.435 e. The monoisotopic (exact) mass is 432 g/mol. The molecule has 0 spiro atoms. The number of fused-ring (bicyclic) bond motifs is 2. The van der Waals surface area contributed by atoms with Crippen LogP contribution in [0.5, 0.6) is 5.75 Å². The van der Waals surface area contributed by atoms with Crippen LogP contribution in [0.2, 0.25) is 0 Å². The number of hydrogen-bond acceptors (Lipinski definition) is 6. The summed E-state index contributed by atoms with van der Waals surface area (Å²) >= 11 is 0. The first kappa shape index (κ1) is 20.9. The highest BCUT2D eigenvalue weighted by Gasteiger charge is 2.52. The third kappa shape index (κ3) is 4.41. The zero-order chi connectivity index (χ0) is 20.6. The van der Waals surface area contributed by atoms with Gasteiger partial charge in [0.1, 0.15) is 5.75 Å². The maximum Gasteiger partial charge on any atom is 0.387 e. The summed E-state index contributed by atoms with van der Waals surface area (Å²) < 4.78 is 62.2. The molecule has 7 nitrogen and oxygen atoms in total. The lowest BCUT2D eigenvalue weighted by atomic mass is 9.87. The van der Waals surface area contributed by atoms with E-state index in [0.29, 0.717) is 45.4 Å². The van der Waals surface area contributed by atoms with Gasteiger partial charge in [-0.25, -0.2) is 8.42 Å². The Hall–Kier alpha value is -1.33. The fourth-order valence-electron chi connectivity index (χ4n) is 4.89. The van der Waals surface area contributed by atoms with Gasteiger partial charge in [0.15, 0.2) is 0 Å². The van der Waals surface area contributed by atoms with E-state index in [9.17, 15) is 22.3 Å². The molecule has 162 valence electrons. The molecule has 3 aliphatic rings. The van der Waals surface area contributed by atoms with E-state index in [1.54, 1.807) is 0 Å². The number of hydrogen-bond donors (Lipinski definition) is 1. The summed E-state index contributed by atoms with van der Waals surface area (Å²) in [5.74, 6) is -0.0829. The minimum absolute atomic E-state index is 0.0506. The molecule has 4 rings (SSSR count). The number of piperidine rings is 1. The van der Waals surface area contributed by atoms with Crippen LogP contribution in [-0.4, -0.2) is 79.9 Å². The molecule has 29 heavy (non-hydrogen) atoms. The summed E-state index contributed by atoms with van der Waals surface area (Å²) in [6.07, 6.45) is 2.21. The quantitative estimate of drug-likeness (QED) is 0.737. The van der Waals surface area contributed by atoms with Crippen molar-refractivity contribution >= 4 is 10.0 Å². The first-order valence-electron chi connectivity index (χ1n) is 9.88. The highest BCUT2D eigenvalue weighted by Crippen LogP contribution is 2.44. The molecule has 3 fully saturated rings. The Morgan fingerprint density at radius 1 is 1.14 bits per heavy atom. The summed E-state index contributed by atoms with van der Waals surface area (Å²) in [7, 11) is -3.78. The number of β-amino-alcohol motifs (C(OH)–C–C–N with tert-alkyl or cyclic N) is 1. The van der Waals surface area contributed by atoms with Crippen molar-refractivity contribution in [2.75, 3.05) is 32.8 Å². The van der Waals surface area contributed by atoms with Gasteiger partial charge in [-0.1, -0.05) is 0 Å². The van der Waals surface area contributed by atoms with E-state index in [4.69, 9.17) is 4.74 Å². The zero-order valence-electron chi connectivity index (χ0n) is 16.0. The second-order valence-electron chi connectivity index (χ2n) is 8.09. The Bertz CT molecular complexity index is 800. The number of ether oxygens (including phenoxy) is 2. The maximum absolute atomic E-state index is 13.2. The van der Waals surface area contributed by atoms with E-state index >= 15 is 0 Å². The molecule has 3 aliphatic heterocycles. The summed E-state index contributed by atoms with van der Waals surface area (Å²) in [4.78, 5) is 2.23. The number of rotatable bonds is 6. The maximum atomic E-state index is 13.2. The molecule has 1 aromatic carbocycles. The molecule has 3 heterocycles. The van der Waals surface area contributed by atoms with Crippen LogP contribution in [0.25, 0.3) is 0 Å². The molecule has 10 heteroatoms. The third-order valence-electron chi connectivity index (χ3n) is 6.03. The predicted molar refractivity (Wildman–Crippen MR) is 100 cm³/mol. The van der Waals surface area contributed by atoms with Crippen molar-refractivity contribution in [3.05, 3.63) is 24.3 Å². The lowest BCUT2D eigenvalue weighted by molar-refractivity contribution is -0.0694. The number of sulfonamides is 1. The van der Waals surface area contributed by atoms with Crippen molar-refractivity contribution in [1.82, 2.24) is 9.21 Å². The van der Waals surface area contributed by atoms with E-state index in [1.165, 1.54) is 28.6 Å². The zero-order valence-corrected chi connectivity index (χ0v) is 16.9. The SMILES string of the molecule is O=S(=O)(c1ccc(OC(F)F)cc1)N1C2CCC1CC(O)(CN1CCOCC1)C2. The Labute approximate surface area is 169 Å². The molecular weight excluding hydrogens is 406 g/mol. The van der Waals surface area contributed by atoms with Crippen LogP contribution in [0.15, 0.2) is 29.2 Å². The van der Waals surface area contributed by atoms with Gasteiger partial charge in [0, 0.05) is 31.7 Å². The van der Waals surface area contributed by atoms with Crippen molar-refractivity contribution in [2.24, 2.45) is 0 Å². The van der Waals surface area contributed by atoms with Crippen LogP contribution in [0.4, 0.5) is 8.78 Å². The number of morpholine rings is 1. The van der Waals surface area contributed by atoms with Crippen molar-refractivity contribution in [2.45, 2.75) is 54.9 Å². The van der Waals surface area contributed by atoms with Crippen molar-refractivity contribution in [3.63, 3.8) is 0 Å². The van der Waals surface area contributed by atoms with Gasteiger partial charge in [0.2, 0.25) is 10.0 Å². The number of alkyl halides is 2. The molecule has 1 N–H and O–H groups in total. The standard InChI is InChI=1S/C19H26F2N2O5S/c20-18(21)28-16-3-5-17(6-4-16)29(25,26)23-14-1-2-15(23)12-19(24,11-14)13-22-7-9-27-10-8-22/h3-6,14-15,18,24H,1-2,7-13H2. The molecule has 0 saturated carbocycles. The fraction of sp³-hybridized carbons (Fsp3) is 0.684. The van der Waals surface area contributed by atoms with Gasteiger partial charge in [0.25, 0.3) is 0 Å². The molecule has 0 aromatic heterocycles. The van der Waals surface area contributed by atoms with E-state index < -0.39 is 22.2 Å². The third-order valence-corrected chi connectivity index (χ3v) is 8.05. The highest BCUT2D eigenvalue weighted by molar-refractivity contribution is 7.89. The highest BCUT2D eigenvalue weighted by atomic mass is 32.2. The topological polar surface area (TPSA) is 79.3 Å². The van der Waals surface area contributed by atoms with Crippen LogP contribution in [0.3, 0.4) is 0 Å². The van der Waals surface area contributed by atoms with Crippen LogP contribution in [-0.2, 0) is 14.8 Å². The Morgan fingerprint density at radius 2 is 1.72 bits per heavy atom. The van der Waals surface area contributed by atoms with E-state index in [0.717, 1.165) is 13.1 Å². The number of aliphatic hydroxyl groups is 1. The van der Waals surface area contributed by atoms with Crippen molar-refractivity contribution < 1.29 is 31.8 Å². The van der Waals surface area contributed by atoms with Gasteiger partial charge in [-0.05, 0) is 49.9 Å². The summed E-state index contributed by atoms with van der Waals surface area (Å²) in [5, 5.41) is 11.2. The average molecular weight is 432 g/mol. The Morgan fingerprint density at radius 3 is 2.28 bits per heavy atom. The summed E-state index contributed by atoms with van der Waals surface area (Å²) in [6, 6.07) is 4.53. The van der Waals surface area contributed by atoms with Crippen LogP contribution >= 0.6 is 0 Å². The van der Waals surface area contributed by atoms with Gasteiger partial charge in [-0.3, -0.25) is 4.90 Å². The summed E-state index contributed by atoms with van der Waals surface area (Å²) in [5.41, 5.74) is -0.913. The molecule has 0 amide bonds. The summed E-state index contributed by atoms with van der Waals surface area (Å²) in [6.45, 7) is 0.402. The van der Waals surface area contributed by atoms with Crippen molar-refractivity contribution in [3.8, 4) is 5.75 Å². The second-order valence-corrected chi connectivity index (χ2v) is 9.93. The Balaban J connectivity index is 1.48. The number of benzene rings is 1. The number of nitrogens with zero attached hydrogens (tertiary/aromatic N) is 2. The average Bonchev–Trinajstić information content (AvgIpc) is 2.96. The molecule has 2 unspecified atom stereocenters. The molecular formula is C19H26F2N2O5S. The smallest absolute Gasteiger partial charge is 0.387 e. The second kappa shape index (κ2) is 8.07. The van der Waals surface area contributed by atoms with Gasteiger partial charge in [-0.2, -0.15) is 13.1 Å². The molecule has 2 atom stereocenters. The molecule has 0 radical (unpaired) electrons. The predicted octanol–water partition coefficient (Wildman–Crippen LogP) is 1.67. The van der Waals surface area contributed by atoms with Gasteiger partial charge in [-0.15, -0.1) is 0 Å². The van der Waals surface area contributed by atoms with Gasteiger partial charge in [0.05, 0.1) is 23.7 Å².